The van der Waals surface area contributed by atoms with Gasteiger partial charge in [-0.1, -0.05) is 237 Å². The molecule has 1 atom stereocenters. The van der Waals surface area contributed by atoms with E-state index in [1.165, 1.54) is 19.3 Å². The highest BCUT2D eigenvalue weighted by Gasteiger charge is 2.19. The van der Waals surface area contributed by atoms with Crippen molar-refractivity contribution in [2.24, 2.45) is 0 Å². The van der Waals surface area contributed by atoms with Gasteiger partial charge in [0.25, 0.3) is 0 Å². The Balaban J connectivity index is 4.59. The van der Waals surface area contributed by atoms with Crippen molar-refractivity contribution in [3.63, 3.8) is 0 Å². The van der Waals surface area contributed by atoms with Gasteiger partial charge in [-0.05, 0) is 89.9 Å². The predicted octanol–water partition coefficient (Wildman–Crippen LogP) is 17.4. The van der Waals surface area contributed by atoms with Crippen LogP contribution in [-0.4, -0.2) is 37.2 Å². The molecule has 0 heterocycles. The largest absolute Gasteiger partial charge is 0.462 e. The van der Waals surface area contributed by atoms with Crippen LogP contribution in [0.15, 0.2) is 158 Å². The van der Waals surface area contributed by atoms with Crippen LogP contribution in [-0.2, 0) is 28.6 Å². The van der Waals surface area contributed by atoms with E-state index in [0.29, 0.717) is 12.8 Å². The average Bonchev–Trinajstić information content (AvgIpc) is 3.33. The van der Waals surface area contributed by atoms with Crippen LogP contribution >= 0.6 is 0 Å². The Bertz CT molecular complexity index is 1570. The molecule has 6 nitrogen and oxygen atoms in total. The molecule has 1 unspecified atom stereocenters. The van der Waals surface area contributed by atoms with Gasteiger partial charge in [0, 0.05) is 19.3 Å². The third-order valence-corrected chi connectivity index (χ3v) is 10.3. The van der Waals surface area contributed by atoms with E-state index in [1.54, 1.807) is 0 Å². The summed E-state index contributed by atoms with van der Waals surface area (Å²) < 4.78 is 16.7. The van der Waals surface area contributed by atoms with Gasteiger partial charge in [0.05, 0.1) is 0 Å². The number of hydrogen-bond acceptors (Lipinski definition) is 6. The first-order chi connectivity index (χ1) is 33.0. The van der Waals surface area contributed by atoms with E-state index >= 15 is 0 Å². The van der Waals surface area contributed by atoms with Gasteiger partial charge in [0.1, 0.15) is 13.2 Å². The summed E-state index contributed by atoms with van der Waals surface area (Å²) in [6.45, 7) is 6.24. The summed E-state index contributed by atoms with van der Waals surface area (Å²) >= 11 is 0. The molecular weight excluding hydrogens is 829 g/mol. The molecule has 0 aliphatic heterocycles. The highest BCUT2D eigenvalue weighted by molar-refractivity contribution is 5.71. The highest BCUT2D eigenvalue weighted by Crippen LogP contribution is 2.12. The molecule has 0 bridgehead atoms. The standard InChI is InChI=1S/C61H92O6/c1-4-7-10-13-16-19-22-25-27-29-31-33-34-36-39-42-45-48-51-54-60(63)66-57-58(56-65-59(62)53-50-47-44-41-38-24-21-18-15-12-9-6-3)67-61(64)55-52-49-46-43-40-37-35-32-30-28-26-23-20-17-14-11-8-5-2/h7,9-10,12-13,16-23,25-36,39,58H,4-6,8,11,14-15,24,37-38,40-57H2,1-3H3/b10-7-,12-9-,16-13-,20-17-,21-18-,22-19-,26-23-,27-25-,30-28-,31-29+,34-33-,35-32-,39-36-. The van der Waals surface area contributed by atoms with Gasteiger partial charge in [0.15, 0.2) is 6.10 Å². The summed E-state index contributed by atoms with van der Waals surface area (Å²) in [6, 6.07) is 0. The maximum atomic E-state index is 12.8. The number of carbonyl (C=O) groups excluding carboxylic acids is 3. The van der Waals surface area contributed by atoms with Crippen molar-refractivity contribution in [3.8, 4) is 0 Å². The number of allylic oxidation sites excluding steroid dienone is 26. The Hall–Kier alpha value is -4.97. The normalized spacial score (nSPS) is 13.4. The van der Waals surface area contributed by atoms with E-state index in [0.717, 1.165) is 122 Å². The van der Waals surface area contributed by atoms with Gasteiger partial charge >= 0.3 is 17.9 Å². The molecule has 0 rings (SSSR count). The van der Waals surface area contributed by atoms with Crippen LogP contribution in [0, 0.1) is 0 Å². The Morgan fingerprint density at radius 3 is 1.09 bits per heavy atom. The fraction of sp³-hybridized carbons (Fsp3) is 0.525. The second-order valence-electron chi connectivity index (χ2n) is 16.6. The van der Waals surface area contributed by atoms with Gasteiger partial charge in [-0.2, -0.15) is 0 Å². The molecule has 0 fully saturated rings. The maximum Gasteiger partial charge on any atom is 0.306 e. The molecule has 0 aromatic carbocycles. The quantitative estimate of drug-likeness (QED) is 0.0199. The van der Waals surface area contributed by atoms with Gasteiger partial charge in [-0.3, -0.25) is 14.4 Å². The zero-order valence-electron chi connectivity index (χ0n) is 42.3. The first kappa shape index (κ1) is 62.0. The van der Waals surface area contributed by atoms with Crippen LogP contribution < -0.4 is 0 Å². The first-order valence-electron chi connectivity index (χ1n) is 26.1. The first-order valence-corrected chi connectivity index (χ1v) is 26.1. The fourth-order valence-electron chi connectivity index (χ4n) is 6.41. The van der Waals surface area contributed by atoms with Crippen molar-refractivity contribution in [1.82, 2.24) is 0 Å². The van der Waals surface area contributed by atoms with E-state index < -0.39 is 6.10 Å². The number of rotatable bonds is 44. The minimum Gasteiger partial charge on any atom is -0.462 e. The number of unbranched alkanes of at least 4 members (excludes halogenated alkanes) is 16. The molecular formula is C61H92O6. The van der Waals surface area contributed by atoms with Gasteiger partial charge in [0.2, 0.25) is 0 Å². The van der Waals surface area contributed by atoms with Crippen molar-refractivity contribution in [2.75, 3.05) is 13.2 Å². The lowest BCUT2D eigenvalue weighted by Crippen LogP contribution is -2.30. The molecule has 6 heteroatoms. The number of ether oxygens (including phenoxy) is 3. The van der Waals surface area contributed by atoms with Crippen molar-refractivity contribution in [2.45, 2.75) is 194 Å². The second kappa shape index (κ2) is 53.6. The summed E-state index contributed by atoms with van der Waals surface area (Å²) in [5.41, 5.74) is 0. The van der Waals surface area contributed by atoms with Gasteiger partial charge in [-0.15, -0.1) is 0 Å². The summed E-state index contributed by atoms with van der Waals surface area (Å²) in [6.07, 6.45) is 77.9. The zero-order valence-corrected chi connectivity index (χ0v) is 42.3. The van der Waals surface area contributed by atoms with E-state index in [4.69, 9.17) is 14.2 Å². The third-order valence-electron chi connectivity index (χ3n) is 10.3. The SMILES string of the molecule is CC\C=C/C=C\C=C/C=C\C=C\C=C/C=C\CCCCCC(=O)OCC(COC(=O)CCCCCCC/C=C\C/C=C\CC)OC(=O)CCCCCCC\C=C/C=C\C=C/C=C\CCCCC. The maximum absolute atomic E-state index is 12.8. The molecule has 0 radical (unpaired) electrons. The van der Waals surface area contributed by atoms with Crippen LogP contribution in [0.5, 0.6) is 0 Å². The van der Waals surface area contributed by atoms with Crippen molar-refractivity contribution < 1.29 is 28.6 Å². The molecule has 0 aromatic rings. The molecule has 0 spiro atoms. The second-order valence-corrected chi connectivity index (χ2v) is 16.6. The van der Waals surface area contributed by atoms with Crippen molar-refractivity contribution in [1.29, 1.82) is 0 Å². The molecule has 0 N–H and O–H groups in total. The molecule has 0 aliphatic carbocycles. The summed E-state index contributed by atoms with van der Waals surface area (Å²) in [7, 11) is 0. The smallest absolute Gasteiger partial charge is 0.306 e. The summed E-state index contributed by atoms with van der Waals surface area (Å²) in [4.78, 5) is 38.0. The van der Waals surface area contributed by atoms with Crippen LogP contribution in [0.3, 0.4) is 0 Å². The van der Waals surface area contributed by atoms with Gasteiger partial charge < -0.3 is 14.2 Å². The van der Waals surface area contributed by atoms with Crippen molar-refractivity contribution >= 4 is 17.9 Å². The lowest BCUT2D eigenvalue weighted by molar-refractivity contribution is -0.167. The zero-order chi connectivity index (χ0) is 48.6. The van der Waals surface area contributed by atoms with E-state index in [2.05, 4.69) is 106 Å². The topological polar surface area (TPSA) is 78.9 Å². The molecule has 0 aliphatic rings. The number of hydrogen-bond donors (Lipinski definition) is 0. The lowest BCUT2D eigenvalue weighted by Gasteiger charge is -2.18. The summed E-state index contributed by atoms with van der Waals surface area (Å²) in [5, 5.41) is 0. The Labute approximate surface area is 409 Å². The molecule has 0 amide bonds. The number of carbonyl (C=O) groups is 3. The highest BCUT2D eigenvalue weighted by atomic mass is 16.6. The van der Waals surface area contributed by atoms with E-state index in [1.807, 2.05) is 72.9 Å². The van der Waals surface area contributed by atoms with Crippen LogP contribution in [0.4, 0.5) is 0 Å². The van der Waals surface area contributed by atoms with Crippen molar-refractivity contribution in [3.05, 3.63) is 158 Å². The third kappa shape index (κ3) is 51.9. The minimum atomic E-state index is -0.824. The van der Waals surface area contributed by atoms with E-state index in [-0.39, 0.29) is 44.0 Å². The summed E-state index contributed by atoms with van der Waals surface area (Å²) in [5.74, 6) is -1.02. The molecule has 0 saturated carbocycles. The van der Waals surface area contributed by atoms with Crippen LogP contribution in [0.1, 0.15) is 188 Å². The minimum absolute atomic E-state index is 0.118. The number of esters is 3. The van der Waals surface area contributed by atoms with E-state index in [9.17, 15) is 14.4 Å². The predicted molar refractivity (Wildman–Crippen MR) is 288 cm³/mol. The van der Waals surface area contributed by atoms with Gasteiger partial charge in [-0.25, -0.2) is 0 Å². The Morgan fingerprint density at radius 2 is 0.657 bits per heavy atom. The Kier molecular flexibility index (Phi) is 49.7. The molecule has 372 valence electrons. The lowest BCUT2D eigenvalue weighted by atomic mass is 10.1. The van der Waals surface area contributed by atoms with Crippen LogP contribution in [0.25, 0.3) is 0 Å². The molecule has 67 heavy (non-hydrogen) atoms. The Morgan fingerprint density at radius 1 is 0.328 bits per heavy atom. The molecule has 0 aromatic heterocycles. The van der Waals surface area contributed by atoms with Crippen LogP contribution in [0.2, 0.25) is 0 Å². The monoisotopic (exact) mass is 921 g/mol. The fourth-order valence-corrected chi connectivity index (χ4v) is 6.41. The molecule has 0 saturated heterocycles. The average molecular weight is 921 g/mol.